The second-order valence-corrected chi connectivity index (χ2v) is 7.50. The molecule has 8 heteroatoms. The lowest BCUT2D eigenvalue weighted by Crippen LogP contribution is -2.32. The number of fused-ring (bicyclic) bond motifs is 1. The lowest BCUT2D eigenvalue weighted by atomic mass is 9.80. The second-order valence-electron chi connectivity index (χ2n) is 7.06. The summed E-state index contributed by atoms with van der Waals surface area (Å²) in [4.78, 5) is 21.9. The SMILES string of the molecule is O=c1c2ncccc2nc([C@@H]2CCC[C@@H](C(F)(F)F)C2)n1-c1ccc(Cl)cc1. The van der Waals surface area contributed by atoms with Crippen molar-refractivity contribution in [2.75, 3.05) is 0 Å². The number of pyridine rings is 1. The van der Waals surface area contributed by atoms with E-state index < -0.39 is 23.6 Å². The summed E-state index contributed by atoms with van der Waals surface area (Å²) in [6.07, 6.45) is -1.72. The van der Waals surface area contributed by atoms with Crippen LogP contribution in [0.15, 0.2) is 47.4 Å². The molecule has 4 nitrogen and oxygen atoms in total. The normalized spacial score (nSPS) is 20.4. The maximum absolute atomic E-state index is 13.3. The fraction of sp³-hybridized carbons (Fsp3) is 0.350. The topological polar surface area (TPSA) is 47.8 Å². The first kappa shape index (κ1) is 18.9. The van der Waals surface area contributed by atoms with Crippen LogP contribution in [-0.2, 0) is 0 Å². The molecule has 146 valence electrons. The van der Waals surface area contributed by atoms with E-state index in [1.807, 2.05) is 0 Å². The smallest absolute Gasteiger partial charge is 0.266 e. The van der Waals surface area contributed by atoms with E-state index in [2.05, 4.69) is 9.97 Å². The molecule has 1 saturated carbocycles. The molecule has 0 saturated heterocycles. The average molecular weight is 408 g/mol. The number of nitrogens with zero attached hydrogens (tertiary/aromatic N) is 3. The maximum atomic E-state index is 13.3. The fourth-order valence-electron chi connectivity index (χ4n) is 3.87. The van der Waals surface area contributed by atoms with Crippen molar-refractivity contribution in [3.63, 3.8) is 0 Å². The Kier molecular flexibility index (Phi) is 4.87. The molecule has 0 amide bonds. The van der Waals surface area contributed by atoms with E-state index in [9.17, 15) is 18.0 Å². The molecule has 1 fully saturated rings. The Labute approximate surface area is 164 Å². The Bertz CT molecular complexity index is 1060. The van der Waals surface area contributed by atoms with E-state index in [-0.39, 0.29) is 18.4 Å². The van der Waals surface area contributed by atoms with Gasteiger partial charge in [0.15, 0.2) is 5.52 Å². The molecule has 2 atom stereocenters. The molecule has 0 N–H and O–H groups in total. The van der Waals surface area contributed by atoms with Gasteiger partial charge in [0.05, 0.1) is 17.1 Å². The van der Waals surface area contributed by atoms with Gasteiger partial charge in [0, 0.05) is 17.1 Å². The summed E-state index contributed by atoms with van der Waals surface area (Å²) in [5.74, 6) is -1.50. The van der Waals surface area contributed by atoms with Gasteiger partial charge in [-0.25, -0.2) is 9.97 Å². The van der Waals surface area contributed by atoms with Crippen LogP contribution in [0.4, 0.5) is 13.2 Å². The van der Waals surface area contributed by atoms with Gasteiger partial charge in [-0.15, -0.1) is 0 Å². The minimum absolute atomic E-state index is 0.0741. The van der Waals surface area contributed by atoms with E-state index in [0.29, 0.717) is 34.9 Å². The van der Waals surface area contributed by atoms with Gasteiger partial charge in [-0.05, 0) is 55.7 Å². The highest BCUT2D eigenvalue weighted by atomic mass is 35.5. The number of hydrogen-bond donors (Lipinski definition) is 0. The van der Waals surface area contributed by atoms with Gasteiger partial charge in [0.25, 0.3) is 5.56 Å². The fourth-order valence-corrected chi connectivity index (χ4v) is 4.00. The van der Waals surface area contributed by atoms with Crippen molar-refractivity contribution in [2.45, 2.75) is 37.8 Å². The van der Waals surface area contributed by atoms with Gasteiger partial charge >= 0.3 is 6.18 Å². The summed E-state index contributed by atoms with van der Waals surface area (Å²) in [6.45, 7) is 0. The first-order chi connectivity index (χ1) is 13.3. The van der Waals surface area contributed by atoms with Crippen LogP contribution >= 0.6 is 11.6 Å². The van der Waals surface area contributed by atoms with Gasteiger partial charge in [-0.1, -0.05) is 18.0 Å². The van der Waals surface area contributed by atoms with Crippen LogP contribution in [0.3, 0.4) is 0 Å². The Morgan fingerprint density at radius 1 is 1.11 bits per heavy atom. The molecule has 2 aromatic heterocycles. The van der Waals surface area contributed by atoms with Crippen LogP contribution in [0, 0.1) is 5.92 Å². The number of aromatic nitrogens is 3. The first-order valence-corrected chi connectivity index (χ1v) is 9.42. The summed E-state index contributed by atoms with van der Waals surface area (Å²) in [5.41, 5.74) is 0.696. The summed E-state index contributed by atoms with van der Waals surface area (Å²) in [6, 6.07) is 9.90. The van der Waals surface area contributed by atoms with Crippen molar-refractivity contribution < 1.29 is 13.2 Å². The monoisotopic (exact) mass is 407 g/mol. The first-order valence-electron chi connectivity index (χ1n) is 9.05. The van der Waals surface area contributed by atoms with Gasteiger partial charge in [0.1, 0.15) is 5.82 Å². The predicted octanol–water partition coefficient (Wildman–Crippen LogP) is 5.27. The van der Waals surface area contributed by atoms with Gasteiger partial charge < -0.3 is 0 Å². The number of halogens is 4. The van der Waals surface area contributed by atoms with Crippen molar-refractivity contribution in [1.82, 2.24) is 14.5 Å². The van der Waals surface area contributed by atoms with E-state index in [4.69, 9.17) is 11.6 Å². The third kappa shape index (κ3) is 3.51. The summed E-state index contributed by atoms with van der Waals surface area (Å²) >= 11 is 5.95. The van der Waals surface area contributed by atoms with Crippen LogP contribution < -0.4 is 5.56 Å². The van der Waals surface area contributed by atoms with Gasteiger partial charge in [-0.2, -0.15) is 13.2 Å². The predicted molar refractivity (Wildman–Crippen MR) is 101 cm³/mol. The lowest BCUT2D eigenvalue weighted by molar-refractivity contribution is -0.183. The zero-order chi connectivity index (χ0) is 19.9. The highest BCUT2D eigenvalue weighted by Gasteiger charge is 2.43. The van der Waals surface area contributed by atoms with E-state index >= 15 is 0 Å². The third-order valence-corrected chi connectivity index (χ3v) is 5.50. The molecule has 0 unspecified atom stereocenters. The Morgan fingerprint density at radius 2 is 1.86 bits per heavy atom. The third-order valence-electron chi connectivity index (χ3n) is 5.24. The van der Waals surface area contributed by atoms with Crippen LogP contribution in [0.5, 0.6) is 0 Å². The zero-order valence-electron chi connectivity index (χ0n) is 14.8. The number of alkyl halides is 3. The quantitative estimate of drug-likeness (QED) is 0.581. The van der Waals surface area contributed by atoms with Crippen LogP contribution in [-0.4, -0.2) is 20.7 Å². The van der Waals surface area contributed by atoms with Gasteiger partial charge in [-0.3, -0.25) is 9.36 Å². The lowest BCUT2D eigenvalue weighted by Gasteiger charge is -2.31. The molecule has 3 aromatic rings. The van der Waals surface area contributed by atoms with Gasteiger partial charge in [0.2, 0.25) is 0 Å². The molecule has 1 aliphatic carbocycles. The number of hydrogen-bond acceptors (Lipinski definition) is 3. The largest absolute Gasteiger partial charge is 0.391 e. The highest BCUT2D eigenvalue weighted by Crippen LogP contribution is 2.43. The minimum atomic E-state index is -4.25. The average Bonchev–Trinajstić information content (AvgIpc) is 2.68. The van der Waals surface area contributed by atoms with Crippen molar-refractivity contribution in [1.29, 1.82) is 0 Å². The molecule has 1 aliphatic rings. The summed E-state index contributed by atoms with van der Waals surface area (Å²) < 4.78 is 41.3. The summed E-state index contributed by atoms with van der Waals surface area (Å²) in [5, 5.41) is 0.500. The molecule has 28 heavy (non-hydrogen) atoms. The van der Waals surface area contributed by atoms with E-state index in [1.54, 1.807) is 36.4 Å². The van der Waals surface area contributed by atoms with Crippen LogP contribution in [0.1, 0.15) is 37.4 Å². The number of rotatable bonds is 2. The van der Waals surface area contributed by atoms with Crippen LogP contribution in [0.25, 0.3) is 16.7 Å². The molecule has 0 spiro atoms. The van der Waals surface area contributed by atoms with Crippen molar-refractivity contribution >= 4 is 22.6 Å². The molecule has 0 radical (unpaired) electrons. The molecule has 4 rings (SSSR count). The van der Waals surface area contributed by atoms with Crippen molar-refractivity contribution in [3.8, 4) is 5.69 Å². The molecule has 1 aromatic carbocycles. The van der Waals surface area contributed by atoms with Crippen LogP contribution in [0.2, 0.25) is 5.02 Å². The highest BCUT2D eigenvalue weighted by molar-refractivity contribution is 6.30. The van der Waals surface area contributed by atoms with Crippen molar-refractivity contribution in [3.05, 3.63) is 63.8 Å². The minimum Gasteiger partial charge on any atom is -0.266 e. The molecule has 0 aliphatic heterocycles. The molecular formula is C20H17ClF3N3O. The van der Waals surface area contributed by atoms with E-state index in [1.165, 1.54) is 10.8 Å². The Balaban J connectivity index is 1.90. The Hall–Kier alpha value is -2.41. The van der Waals surface area contributed by atoms with E-state index in [0.717, 1.165) is 0 Å². The van der Waals surface area contributed by atoms with Crippen molar-refractivity contribution in [2.24, 2.45) is 5.92 Å². The summed E-state index contributed by atoms with van der Waals surface area (Å²) in [7, 11) is 0. The second kappa shape index (κ2) is 7.20. The molecule has 2 heterocycles. The zero-order valence-corrected chi connectivity index (χ0v) is 15.5. The molecule has 0 bridgehead atoms. The maximum Gasteiger partial charge on any atom is 0.391 e. The number of benzene rings is 1. The Morgan fingerprint density at radius 3 is 2.57 bits per heavy atom. The molecular weight excluding hydrogens is 391 g/mol. The standard InChI is InChI=1S/C20H17ClF3N3O/c21-14-6-8-15(9-7-14)27-18(12-3-1-4-13(11-12)20(22,23)24)26-16-5-2-10-25-17(16)19(27)28/h2,5-10,12-13H,1,3-4,11H2/t12-,13-/m1/s1.